The summed E-state index contributed by atoms with van der Waals surface area (Å²) in [6.45, 7) is 5.78. The van der Waals surface area contributed by atoms with Gasteiger partial charge in [-0.2, -0.15) is 0 Å². The fourth-order valence-electron chi connectivity index (χ4n) is 2.44. The number of nitrogens with two attached hydrogens (primary N) is 1. The zero-order valence-corrected chi connectivity index (χ0v) is 9.13. The van der Waals surface area contributed by atoms with Gasteiger partial charge in [0, 0.05) is 6.54 Å². The number of rotatable bonds is 4. The average Bonchev–Trinajstić information content (AvgIpc) is 2.04. The van der Waals surface area contributed by atoms with Crippen LogP contribution in [-0.2, 0) is 0 Å². The lowest BCUT2D eigenvalue weighted by molar-refractivity contribution is 0.186. The van der Waals surface area contributed by atoms with E-state index in [1.54, 1.807) is 0 Å². The molecule has 0 bridgehead atoms. The van der Waals surface area contributed by atoms with Crippen molar-refractivity contribution < 1.29 is 0 Å². The first kappa shape index (κ1) is 11.0. The molecule has 2 atom stereocenters. The summed E-state index contributed by atoms with van der Waals surface area (Å²) >= 11 is 0. The molecule has 0 aliphatic carbocycles. The molecule has 0 aromatic heterocycles. The molecule has 2 nitrogen and oxygen atoms in total. The lowest BCUT2D eigenvalue weighted by atomic mass is 9.88. The van der Waals surface area contributed by atoms with Crippen LogP contribution in [-0.4, -0.2) is 31.6 Å². The Bertz CT molecular complexity index is 136. The summed E-state index contributed by atoms with van der Waals surface area (Å²) in [6, 6.07) is 0. The maximum Gasteiger partial charge on any atom is 0.000671 e. The van der Waals surface area contributed by atoms with Crippen LogP contribution in [0.4, 0.5) is 0 Å². The van der Waals surface area contributed by atoms with Gasteiger partial charge in [0.2, 0.25) is 0 Å². The highest BCUT2D eigenvalue weighted by Gasteiger charge is 2.18. The van der Waals surface area contributed by atoms with Crippen molar-refractivity contribution in [2.45, 2.75) is 32.6 Å². The lowest BCUT2D eigenvalue weighted by Gasteiger charge is -2.31. The Kier molecular flexibility index (Phi) is 4.74. The van der Waals surface area contributed by atoms with Gasteiger partial charge in [0.1, 0.15) is 0 Å². The van der Waals surface area contributed by atoms with Gasteiger partial charge in [-0.25, -0.2) is 0 Å². The smallest absolute Gasteiger partial charge is 0.000671 e. The van der Waals surface area contributed by atoms with Crippen molar-refractivity contribution in [1.82, 2.24) is 4.90 Å². The fraction of sp³-hybridized carbons (Fsp3) is 1.00. The average molecular weight is 184 g/mol. The van der Waals surface area contributed by atoms with Crippen molar-refractivity contribution in [2.24, 2.45) is 17.6 Å². The van der Waals surface area contributed by atoms with Crippen LogP contribution in [0.15, 0.2) is 0 Å². The van der Waals surface area contributed by atoms with Crippen molar-refractivity contribution in [3.05, 3.63) is 0 Å². The zero-order chi connectivity index (χ0) is 9.68. The van der Waals surface area contributed by atoms with E-state index in [1.807, 2.05) is 0 Å². The second-order valence-corrected chi connectivity index (χ2v) is 4.69. The van der Waals surface area contributed by atoms with Crippen LogP contribution in [0, 0.1) is 11.8 Å². The molecular formula is C11H24N2. The second kappa shape index (κ2) is 5.61. The maximum atomic E-state index is 5.55. The Morgan fingerprint density at radius 2 is 2.31 bits per heavy atom. The predicted molar refractivity (Wildman–Crippen MR) is 57.7 cm³/mol. The fourth-order valence-corrected chi connectivity index (χ4v) is 2.44. The molecule has 0 amide bonds. The van der Waals surface area contributed by atoms with E-state index < -0.39 is 0 Å². The van der Waals surface area contributed by atoms with E-state index in [0.29, 0.717) is 0 Å². The zero-order valence-electron chi connectivity index (χ0n) is 9.13. The highest BCUT2D eigenvalue weighted by Crippen LogP contribution is 2.23. The SMILES string of the molecule is CC(CCN)CC1CCCN(C)C1. The van der Waals surface area contributed by atoms with E-state index in [0.717, 1.165) is 18.4 Å². The molecule has 13 heavy (non-hydrogen) atoms. The Morgan fingerprint density at radius 1 is 1.54 bits per heavy atom. The quantitative estimate of drug-likeness (QED) is 0.720. The topological polar surface area (TPSA) is 29.3 Å². The molecule has 0 spiro atoms. The van der Waals surface area contributed by atoms with Gasteiger partial charge in [0.25, 0.3) is 0 Å². The molecule has 1 saturated heterocycles. The van der Waals surface area contributed by atoms with Crippen molar-refractivity contribution >= 4 is 0 Å². The molecule has 1 heterocycles. The normalized spacial score (nSPS) is 27.5. The molecule has 0 radical (unpaired) electrons. The summed E-state index contributed by atoms with van der Waals surface area (Å²) in [5.41, 5.74) is 5.55. The van der Waals surface area contributed by atoms with Crippen LogP contribution in [0.3, 0.4) is 0 Å². The monoisotopic (exact) mass is 184 g/mol. The van der Waals surface area contributed by atoms with E-state index in [4.69, 9.17) is 5.73 Å². The maximum absolute atomic E-state index is 5.55. The lowest BCUT2D eigenvalue weighted by Crippen LogP contribution is -2.32. The Balaban J connectivity index is 2.19. The summed E-state index contributed by atoms with van der Waals surface area (Å²) in [7, 11) is 2.24. The van der Waals surface area contributed by atoms with Crippen molar-refractivity contribution in [2.75, 3.05) is 26.7 Å². The van der Waals surface area contributed by atoms with E-state index in [1.165, 1.54) is 38.8 Å². The largest absolute Gasteiger partial charge is 0.330 e. The standard InChI is InChI=1S/C11H24N2/c1-10(5-6-12)8-11-4-3-7-13(2)9-11/h10-11H,3-9,12H2,1-2H3. The van der Waals surface area contributed by atoms with E-state index >= 15 is 0 Å². The minimum absolute atomic E-state index is 0.821. The Labute approximate surface area is 82.5 Å². The molecule has 2 unspecified atom stereocenters. The Hall–Kier alpha value is -0.0800. The number of likely N-dealkylation sites (tertiary alicyclic amines) is 1. The summed E-state index contributed by atoms with van der Waals surface area (Å²) in [6.07, 6.45) is 5.39. The highest BCUT2D eigenvalue weighted by atomic mass is 15.1. The van der Waals surface area contributed by atoms with Crippen molar-refractivity contribution in [3.63, 3.8) is 0 Å². The van der Waals surface area contributed by atoms with E-state index in [2.05, 4.69) is 18.9 Å². The molecule has 1 aliphatic rings. The first-order valence-corrected chi connectivity index (χ1v) is 5.61. The third-order valence-corrected chi connectivity index (χ3v) is 3.12. The third kappa shape index (κ3) is 4.10. The van der Waals surface area contributed by atoms with Gasteiger partial charge in [-0.1, -0.05) is 6.92 Å². The van der Waals surface area contributed by atoms with Crippen molar-refractivity contribution in [1.29, 1.82) is 0 Å². The molecule has 1 fully saturated rings. The van der Waals surface area contributed by atoms with Crippen molar-refractivity contribution in [3.8, 4) is 0 Å². The molecule has 1 aliphatic heterocycles. The van der Waals surface area contributed by atoms with Gasteiger partial charge in [0.15, 0.2) is 0 Å². The third-order valence-electron chi connectivity index (χ3n) is 3.12. The van der Waals surface area contributed by atoms with Gasteiger partial charge in [-0.15, -0.1) is 0 Å². The van der Waals surface area contributed by atoms with Crippen LogP contribution >= 0.6 is 0 Å². The molecule has 0 saturated carbocycles. The van der Waals surface area contributed by atoms with Gasteiger partial charge in [-0.3, -0.25) is 0 Å². The first-order chi connectivity index (χ1) is 6.22. The number of piperidine rings is 1. The van der Waals surface area contributed by atoms with Crippen LogP contribution in [0.1, 0.15) is 32.6 Å². The van der Waals surface area contributed by atoms with Gasteiger partial charge >= 0.3 is 0 Å². The molecule has 0 aromatic rings. The van der Waals surface area contributed by atoms with E-state index in [9.17, 15) is 0 Å². The minimum atomic E-state index is 0.821. The highest BCUT2D eigenvalue weighted by molar-refractivity contribution is 4.72. The first-order valence-electron chi connectivity index (χ1n) is 5.61. The number of hydrogen-bond donors (Lipinski definition) is 1. The molecule has 1 rings (SSSR count). The summed E-state index contributed by atoms with van der Waals surface area (Å²) < 4.78 is 0. The summed E-state index contributed by atoms with van der Waals surface area (Å²) in [5.74, 6) is 1.75. The second-order valence-electron chi connectivity index (χ2n) is 4.69. The van der Waals surface area contributed by atoms with Crippen LogP contribution in [0.5, 0.6) is 0 Å². The number of hydrogen-bond acceptors (Lipinski definition) is 2. The molecule has 2 heteroatoms. The molecular weight excluding hydrogens is 160 g/mol. The summed E-state index contributed by atoms with van der Waals surface area (Å²) in [5, 5.41) is 0. The van der Waals surface area contributed by atoms with Gasteiger partial charge in [-0.05, 0) is 57.7 Å². The van der Waals surface area contributed by atoms with Gasteiger partial charge < -0.3 is 10.6 Å². The van der Waals surface area contributed by atoms with E-state index in [-0.39, 0.29) is 0 Å². The van der Waals surface area contributed by atoms with Crippen LogP contribution < -0.4 is 5.73 Å². The van der Waals surface area contributed by atoms with Crippen LogP contribution in [0.25, 0.3) is 0 Å². The summed E-state index contributed by atoms with van der Waals surface area (Å²) in [4.78, 5) is 2.46. The Morgan fingerprint density at radius 3 is 2.92 bits per heavy atom. The van der Waals surface area contributed by atoms with Crippen LogP contribution in [0.2, 0.25) is 0 Å². The minimum Gasteiger partial charge on any atom is -0.330 e. The number of nitrogens with zero attached hydrogens (tertiary/aromatic N) is 1. The molecule has 2 N–H and O–H groups in total. The molecule has 0 aromatic carbocycles. The predicted octanol–water partition coefficient (Wildman–Crippen LogP) is 1.70. The van der Waals surface area contributed by atoms with Gasteiger partial charge in [0.05, 0.1) is 0 Å². The molecule has 78 valence electrons.